The Bertz CT molecular complexity index is 1000. The Morgan fingerprint density at radius 1 is 0.750 bits per heavy atom. The summed E-state index contributed by atoms with van der Waals surface area (Å²) in [5, 5.41) is 0. The number of alkyl halides is 3. The molecule has 2 aromatic carbocycles. The van der Waals surface area contributed by atoms with Gasteiger partial charge in [-0.2, -0.15) is 13.2 Å². The molecule has 0 aliphatic rings. The van der Waals surface area contributed by atoms with E-state index in [1.165, 1.54) is 19.2 Å². The molecule has 0 saturated carbocycles. The molecule has 0 saturated heterocycles. The van der Waals surface area contributed by atoms with E-state index in [-0.39, 0.29) is 0 Å². The lowest BCUT2D eigenvalue weighted by atomic mass is 10.1. The van der Waals surface area contributed by atoms with Gasteiger partial charge in [0.05, 0.1) is 26.9 Å². The van der Waals surface area contributed by atoms with Crippen LogP contribution in [0.1, 0.15) is 22.3 Å². The molecule has 0 fully saturated rings. The van der Waals surface area contributed by atoms with Crippen molar-refractivity contribution in [2.45, 2.75) is 25.8 Å². The summed E-state index contributed by atoms with van der Waals surface area (Å²) in [6, 6.07) is 12.8. The van der Waals surface area contributed by atoms with Crippen molar-refractivity contribution in [2.75, 3.05) is 21.3 Å². The molecule has 3 aromatic rings. The standard InChI is InChI=1S/C24H25F3N2O3/c1-30-21-12-19(13-22(31-2)23(21)32-3)16-29(14-17-7-9-28-10-8-17)15-18-5-4-6-20(11-18)24(25,26)27/h4-13H,14-16H2,1-3H3. The third-order valence-electron chi connectivity index (χ3n) is 4.95. The van der Waals surface area contributed by atoms with Crippen molar-refractivity contribution < 1.29 is 27.4 Å². The van der Waals surface area contributed by atoms with E-state index in [0.717, 1.165) is 17.2 Å². The highest BCUT2D eigenvalue weighted by molar-refractivity contribution is 5.53. The highest BCUT2D eigenvalue weighted by Crippen LogP contribution is 2.38. The minimum atomic E-state index is -4.39. The summed E-state index contributed by atoms with van der Waals surface area (Å²) in [5.74, 6) is 1.52. The third kappa shape index (κ3) is 5.91. The first-order valence-electron chi connectivity index (χ1n) is 9.90. The topological polar surface area (TPSA) is 43.8 Å². The van der Waals surface area contributed by atoms with E-state index in [1.807, 2.05) is 29.2 Å². The Hall–Kier alpha value is -3.26. The number of pyridine rings is 1. The zero-order valence-corrected chi connectivity index (χ0v) is 18.1. The highest BCUT2D eigenvalue weighted by Gasteiger charge is 2.30. The van der Waals surface area contributed by atoms with E-state index in [4.69, 9.17) is 14.2 Å². The normalized spacial score (nSPS) is 11.5. The van der Waals surface area contributed by atoms with Gasteiger partial charge in [0.1, 0.15) is 0 Å². The number of rotatable bonds is 9. The average molecular weight is 446 g/mol. The van der Waals surface area contributed by atoms with Crippen molar-refractivity contribution in [3.8, 4) is 17.2 Å². The molecule has 1 heterocycles. The number of aromatic nitrogens is 1. The van der Waals surface area contributed by atoms with E-state index in [9.17, 15) is 13.2 Å². The van der Waals surface area contributed by atoms with Gasteiger partial charge >= 0.3 is 6.18 Å². The Morgan fingerprint density at radius 2 is 1.34 bits per heavy atom. The molecule has 5 nitrogen and oxygen atoms in total. The number of nitrogens with zero attached hydrogens (tertiary/aromatic N) is 2. The smallest absolute Gasteiger partial charge is 0.416 e. The zero-order valence-electron chi connectivity index (χ0n) is 18.1. The van der Waals surface area contributed by atoms with Crippen LogP contribution in [0.25, 0.3) is 0 Å². The molecule has 3 rings (SSSR count). The maximum Gasteiger partial charge on any atom is 0.416 e. The Balaban J connectivity index is 1.92. The molecule has 0 bridgehead atoms. The minimum absolute atomic E-state index is 0.322. The second-order valence-electron chi connectivity index (χ2n) is 7.23. The van der Waals surface area contributed by atoms with Gasteiger partial charge < -0.3 is 14.2 Å². The van der Waals surface area contributed by atoms with Gasteiger partial charge in [-0.15, -0.1) is 0 Å². The molecule has 0 atom stereocenters. The lowest BCUT2D eigenvalue weighted by molar-refractivity contribution is -0.137. The van der Waals surface area contributed by atoms with Crippen molar-refractivity contribution in [3.05, 3.63) is 83.2 Å². The number of ether oxygens (including phenoxy) is 3. The highest BCUT2D eigenvalue weighted by atomic mass is 19.4. The van der Waals surface area contributed by atoms with Crippen LogP contribution in [0.2, 0.25) is 0 Å². The van der Waals surface area contributed by atoms with Crippen LogP contribution in [0.15, 0.2) is 60.9 Å². The maximum absolute atomic E-state index is 13.2. The third-order valence-corrected chi connectivity index (χ3v) is 4.95. The number of benzene rings is 2. The van der Waals surface area contributed by atoms with Crippen molar-refractivity contribution in [3.63, 3.8) is 0 Å². The summed E-state index contributed by atoms with van der Waals surface area (Å²) in [6.45, 7) is 1.30. The average Bonchev–Trinajstić information content (AvgIpc) is 2.78. The van der Waals surface area contributed by atoms with Crippen LogP contribution in [0, 0.1) is 0 Å². The fourth-order valence-corrected chi connectivity index (χ4v) is 3.50. The molecular formula is C24H25F3N2O3. The van der Waals surface area contributed by atoms with Crippen LogP contribution >= 0.6 is 0 Å². The predicted molar refractivity (Wildman–Crippen MR) is 115 cm³/mol. The molecule has 0 aliphatic carbocycles. The summed E-state index contributed by atoms with van der Waals surface area (Å²) < 4.78 is 55.8. The maximum atomic E-state index is 13.2. The molecule has 0 N–H and O–H groups in total. The van der Waals surface area contributed by atoms with Crippen LogP contribution in [-0.4, -0.2) is 31.2 Å². The van der Waals surface area contributed by atoms with Crippen LogP contribution in [0.3, 0.4) is 0 Å². The number of halogens is 3. The van der Waals surface area contributed by atoms with Crippen LogP contribution < -0.4 is 14.2 Å². The summed E-state index contributed by atoms with van der Waals surface area (Å²) in [6.07, 6.45) is -1.00. The summed E-state index contributed by atoms with van der Waals surface area (Å²) in [5.41, 5.74) is 1.79. The Kier molecular flexibility index (Phi) is 7.58. The van der Waals surface area contributed by atoms with E-state index >= 15 is 0 Å². The van der Waals surface area contributed by atoms with E-state index in [1.54, 1.807) is 32.7 Å². The number of methoxy groups -OCH3 is 3. The van der Waals surface area contributed by atoms with Crippen molar-refractivity contribution in [1.82, 2.24) is 9.88 Å². The van der Waals surface area contributed by atoms with Gasteiger partial charge in [-0.25, -0.2) is 0 Å². The Morgan fingerprint density at radius 3 is 1.91 bits per heavy atom. The molecule has 0 unspecified atom stereocenters. The zero-order chi connectivity index (χ0) is 23.1. The molecule has 8 heteroatoms. The van der Waals surface area contributed by atoms with E-state index in [2.05, 4.69) is 4.98 Å². The second kappa shape index (κ2) is 10.4. The van der Waals surface area contributed by atoms with Crippen molar-refractivity contribution >= 4 is 0 Å². The lowest BCUT2D eigenvalue weighted by Gasteiger charge is -2.24. The van der Waals surface area contributed by atoms with E-state index in [0.29, 0.717) is 42.4 Å². The first-order valence-corrected chi connectivity index (χ1v) is 9.90. The molecule has 0 aliphatic heterocycles. The summed E-state index contributed by atoms with van der Waals surface area (Å²) >= 11 is 0. The molecule has 0 amide bonds. The van der Waals surface area contributed by atoms with Crippen molar-refractivity contribution in [1.29, 1.82) is 0 Å². The first kappa shape index (κ1) is 23.4. The lowest BCUT2D eigenvalue weighted by Crippen LogP contribution is -2.23. The SMILES string of the molecule is COc1cc(CN(Cc2ccncc2)Cc2cccc(C(F)(F)F)c2)cc(OC)c1OC. The van der Waals surface area contributed by atoms with Crippen LogP contribution in [0.4, 0.5) is 13.2 Å². The van der Waals surface area contributed by atoms with E-state index < -0.39 is 11.7 Å². The Labute approximate surface area is 185 Å². The molecule has 32 heavy (non-hydrogen) atoms. The first-order chi connectivity index (χ1) is 15.3. The molecule has 170 valence electrons. The second-order valence-corrected chi connectivity index (χ2v) is 7.23. The fourth-order valence-electron chi connectivity index (χ4n) is 3.50. The number of hydrogen-bond acceptors (Lipinski definition) is 5. The summed E-state index contributed by atoms with van der Waals surface area (Å²) in [7, 11) is 4.61. The quantitative estimate of drug-likeness (QED) is 0.445. The molecule has 0 radical (unpaired) electrons. The van der Waals surface area contributed by atoms with Gasteiger partial charge in [0, 0.05) is 32.0 Å². The minimum Gasteiger partial charge on any atom is -0.493 e. The van der Waals surface area contributed by atoms with Gasteiger partial charge in [0.15, 0.2) is 11.5 Å². The predicted octanol–water partition coefficient (Wildman–Crippen LogP) is 5.33. The van der Waals surface area contributed by atoms with Gasteiger partial charge in [0.25, 0.3) is 0 Å². The number of hydrogen-bond donors (Lipinski definition) is 0. The monoisotopic (exact) mass is 446 g/mol. The largest absolute Gasteiger partial charge is 0.493 e. The van der Waals surface area contributed by atoms with Gasteiger partial charge in [-0.05, 0) is 47.0 Å². The molecule has 0 spiro atoms. The van der Waals surface area contributed by atoms with Crippen LogP contribution in [-0.2, 0) is 25.8 Å². The summed E-state index contributed by atoms with van der Waals surface area (Å²) in [4.78, 5) is 6.08. The van der Waals surface area contributed by atoms with Gasteiger partial charge in [-0.3, -0.25) is 9.88 Å². The molecule has 1 aromatic heterocycles. The van der Waals surface area contributed by atoms with Crippen LogP contribution in [0.5, 0.6) is 17.2 Å². The molecular weight excluding hydrogens is 421 g/mol. The van der Waals surface area contributed by atoms with Gasteiger partial charge in [0.2, 0.25) is 5.75 Å². The van der Waals surface area contributed by atoms with Crippen molar-refractivity contribution in [2.24, 2.45) is 0 Å². The fraction of sp³-hybridized carbons (Fsp3) is 0.292. The van der Waals surface area contributed by atoms with Gasteiger partial charge in [-0.1, -0.05) is 18.2 Å².